The highest BCUT2D eigenvalue weighted by Crippen LogP contribution is 2.46. The number of amidine groups is 1. The van der Waals surface area contributed by atoms with E-state index in [0.717, 1.165) is 38.3 Å². The maximum atomic E-state index is 12.8. The SMILES string of the molecule is COc1cc(OC)c(Cl)c(-c2ccc(C(N)=NC(=O)c3ccc(CN4CCN(C(C)=O)CC4)cc3)c(N)c2)c1Cl. The Balaban J connectivity index is 1.48. The smallest absolute Gasteiger partial charge is 0.278 e. The molecule has 2 amide bonds. The number of hydrogen-bond donors (Lipinski definition) is 2. The summed E-state index contributed by atoms with van der Waals surface area (Å²) in [6.45, 7) is 5.39. The predicted molar refractivity (Wildman–Crippen MR) is 158 cm³/mol. The maximum Gasteiger partial charge on any atom is 0.278 e. The second-order valence-electron chi connectivity index (χ2n) is 9.37. The van der Waals surface area contributed by atoms with E-state index in [9.17, 15) is 9.59 Å². The zero-order chi connectivity index (χ0) is 29.0. The van der Waals surface area contributed by atoms with Crippen LogP contribution in [0.4, 0.5) is 5.69 Å². The van der Waals surface area contributed by atoms with Gasteiger partial charge < -0.3 is 25.8 Å². The molecule has 210 valence electrons. The van der Waals surface area contributed by atoms with Crippen molar-refractivity contribution >= 4 is 46.5 Å². The van der Waals surface area contributed by atoms with E-state index in [0.29, 0.717) is 49.5 Å². The summed E-state index contributed by atoms with van der Waals surface area (Å²) in [6.07, 6.45) is 0. The third-order valence-electron chi connectivity index (χ3n) is 6.84. The van der Waals surface area contributed by atoms with Gasteiger partial charge in [-0.15, -0.1) is 0 Å². The summed E-state index contributed by atoms with van der Waals surface area (Å²) in [5.74, 6) is 0.405. The fourth-order valence-corrected chi connectivity index (χ4v) is 5.28. The molecule has 0 spiro atoms. The van der Waals surface area contributed by atoms with Crippen molar-refractivity contribution in [3.05, 3.63) is 75.3 Å². The van der Waals surface area contributed by atoms with E-state index in [2.05, 4.69) is 9.89 Å². The summed E-state index contributed by atoms with van der Waals surface area (Å²) < 4.78 is 10.7. The molecule has 0 atom stereocenters. The average Bonchev–Trinajstić information content (AvgIpc) is 2.94. The van der Waals surface area contributed by atoms with E-state index in [1.54, 1.807) is 43.3 Å². The predicted octanol–water partition coefficient (Wildman–Crippen LogP) is 4.47. The fraction of sp³-hybridized carbons (Fsp3) is 0.276. The molecule has 0 aromatic heterocycles. The van der Waals surface area contributed by atoms with Gasteiger partial charge in [0.15, 0.2) is 0 Å². The van der Waals surface area contributed by atoms with Crippen molar-refractivity contribution in [3.63, 3.8) is 0 Å². The van der Waals surface area contributed by atoms with E-state index in [1.165, 1.54) is 14.2 Å². The molecule has 0 bridgehead atoms. The van der Waals surface area contributed by atoms with Crippen LogP contribution in [0.3, 0.4) is 0 Å². The van der Waals surface area contributed by atoms with Crippen LogP contribution in [0.2, 0.25) is 10.0 Å². The van der Waals surface area contributed by atoms with Crippen LogP contribution in [0.5, 0.6) is 11.5 Å². The molecule has 0 aliphatic carbocycles. The second-order valence-corrected chi connectivity index (χ2v) is 10.1. The molecule has 1 aliphatic heterocycles. The molecule has 40 heavy (non-hydrogen) atoms. The van der Waals surface area contributed by atoms with Gasteiger partial charge in [0, 0.05) is 68.1 Å². The van der Waals surface area contributed by atoms with E-state index >= 15 is 0 Å². The molecule has 1 fully saturated rings. The Labute approximate surface area is 243 Å². The molecule has 3 aromatic carbocycles. The second kappa shape index (κ2) is 12.6. The number of nitrogens with zero attached hydrogens (tertiary/aromatic N) is 3. The Bertz CT molecular complexity index is 1420. The first-order valence-corrected chi connectivity index (χ1v) is 13.3. The summed E-state index contributed by atoms with van der Waals surface area (Å²) in [5, 5.41) is 0.609. The lowest BCUT2D eigenvalue weighted by molar-refractivity contribution is -0.130. The standard InChI is InChI=1S/C29H31Cl2N5O4/c1-17(37)36-12-10-35(11-13-36)16-18-4-6-19(7-5-18)29(38)34-28(33)21-9-8-20(14-22(21)32)25-26(30)23(39-2)15-24(40-3)27(25)31/h4-9,14-15H,10-13,16,32H2,1-3H3,(H2,33,34,38). The number of hydrogen-bond acceptors (Lipinski definition) is 6. The Hall–Kier alpha value is -3.79. The van der Waals surface area contributed by atoms with Gasteiger partial charge >= 0.3 is 0 Å². The highest BCUT2D eigenvalue weighted by Gasteiger charge is 2.21. The number of amides is 2. The largest absolute Gasteiger partial charge is 0.495 e. The summed E-state index contributed by atoms with van der Waals surface area (Å²) in [7, 11) is 2.99. The van der Waals surface area contributed by atoms with Gasteiger partial charge in [0.05, 0.1) is 24.3 Å². The first-order valence-electron chi connectivity index (χ1n) is 12.6. The summed E-state index contributed by atoms with van der Waals surface area (Å²) >= 11 is 13.1. The quantitative estimate of drug-likeness (QED) is 0.239. The Kier molecular flexibility index (Phi) is 9.19. The molecule has 0 saturated carbocycles. The van der Waals surface area contributed by atoms with Crippen LogP contribution < -0.4 is 20.9 Å². The van der Waals surface area contributed by atoms with Crippen molar-refractivity contribution in [2.45, 2.75) is 13.5 Å². The van der Waals surface area contributed by atoms with Crippen LogP contribution in [0.1, 0.15) is 28.4 Å². The lowest BCUT2D eigenvalue weighted by atomic mass is 10.0. The Morgan fingerprint density at radius 1 is 0.925 bits per heavy atom. The number of ether oxygens (including phenoxy) is 2. The van der Waals surface area contributed by atoms with Gasteiger partial charge in [-0.3, -0.25) is 14.5 Å². The van der Waals surface area contributed by atoms with Gasteiger partial charge in [-0.1, -0.05) is 41.4 Å². The number of halogens is 2. The number of rotatable bonds is 7. The third kappa shape index (κ3) is 6.33. The van der Waals surface area contributed by atoms with Crippen LogP contribution in [0, 0.1) is 0 Å². The summed E-state index contributed by atoms with van der Waals surface area (Å²) in [5.41, 5.74) is 15.8. The lowest BCUT2D eigenvalue weighted by Crippen LogP contribution is -2.47. The molecular weight excluding hydrogens is 553 g/mol. The number of anilines is 1. The highest BCUT2D eigenvalue weighted by atomic mass is 35.5. The lowest BCUT2D eigenvalue weighted by Gasteiger charge is -2.34. The molecule has 1 heterocycles. The molecule has 4 N–H and O–H groups in total. The topological polar surface area (TPSA) is 123 Å². The van der Waals surface area contributed by atoms with Gasteiger partial charge in [0.25, 0.3) is 5.91 Å². The molecule has 0 radical (unpaired) electrons. The molecular formula is C29H31Cl2N5O4. The minimum Gasteiger partial charge on any atom is -0.495 e. The van der Waals surface area contributed by atoms with Crippen molar-refractivity contribution in [2.24, 2.45) is 10.7 Å². The van der Waals surface area contributed by atoms with Gasteiger partial charge in [0.2, 0.25) is 5.91 Å². The van der Waals surface area contributed by atoms with E-state index in [4.69, 9.17) is 44.1 Å². The first-order chi connectivity index (χ1) is 19.1. The Morgan fingerprint density at radius 3 is 2.05 bits per heavy atom. The maximum absolute atomic E-state index is 12.8. The monoisotopic (exact) mass is 583 g/mol. The minimum atomic E-state index is -0.480. The van der Waals surface area contributed by atoms with Crippen LogP contribution in [-0.2, 0) is 11.3 Å². The van der Waals surface area contributed by atoms with Crippen LogP contribution in [-0.4, -0.2) is 67.8 Å². The number of aliphatic imine (C=N–C) groups is 1. The highest BCUT2D eigenvalue weighted by molar-refractivity contribution is 6.41. The number of benzene rings is 3. The summed E-state index contributed by atoms with van der Waals surface area (Å²) in [6, 6.07) is 13.9. The number of piperazine rings is 1. The first kappa shape index (κ1) is 29.2. The van der Waals surface area contributed by atoms with Crippen LogP contribution in [0.25, 0.3) is 11.1 Å². The van der Waals surface area contributed by atoms with Gasteiger partial charge in [-0.05, 0) is 35.4 Å². The minimum absolute atomic E-state index is 0.0121. The van der Waals surface area contributed by atoms with Crippen LogP contribution in [0.15, 0.2) is 53.5 Å². The Morgan fingerprint density at radius 2 is 1.52 bits per heavy atom. The van der Waals surface area contributed by atoms with Crippen molar-refractivity contribution in [3.8, 4) is 22.6 Å². The molecule has 11 heteroatoms. The van der Waals surface area contributed by atoms with Gasteiger partial charge in [-0.2, -0.15) is 4.99 Å². The molecule has 1 aliphatic rings. The normalized spacial score (nSPS) is 14.2. The van der Waals surface area contributed by atoms with Crippen molar-refractivity contribution < 1.29 is 19.1 Å². The van der Waals surface area contributed by atoms with Crippen LogP contribution >= 0.6 is 23.2 Å². The number of nitrogen functional groups attached to an aromatic ring is 1. The zero-order valence-electron chi connectivity index (χ0n) is 22.5. The van der Waals surface area contributed by atoms with Crippen molar-refractivity contribution in [2.75, 3.05) is 46.1 Å². The molecule has 9 nitrogen and oxygen atoms in total. The molecule has 0 unspecified atom stereocenters. The average molecular weight is 585 g/mol. The van der Waals surface area contributed by atoms with Gasteiger partial charge in [-0.25, -0.2) is 0 Å². The van der Waals surface area contributed by atoms with Crippen molar-refractivity contribution in [1.82, 2.24) is 9.80 Å². The molecule has 1 saturated heterocycles. The number of nitrogens with two attached hydrogens (primary N) is 2. The number of carbonyl (C=O) groups excluding carboxylic acids is 2. The van der Waals surface area contributed by atoms with Crippen molar-refractivity contribution in [1.29, 1.82) is 0 Å². The summed E-state index contributed by atoms with van der Waals surface area (Å²) in [4.78, 5) is 32.6. The van der Waals surface area contributed by atoms with Gasteiger partial charge in [0.1, 0.15) is 17.3 Å². The number of methoxy groups -OCH3 is 2. The third-order valence-corrected chi connectivity index (χ3v) is 7.59. The zero-order valence-corrected chi connectivity index (χ0v) is 24.1. The van der Waals surface area contributed by atoms with E-state index in [-0.39, 0.29) is 11.7 Å². The molecule has 3 aromatic rings. The van der Waals surface area contributed by atoms with E-state index in [1.807, 2.05) is 17.0 Å². The molecule has 4 rings (SSSR count). The fourth-order valence-electron chi connectivity index (χ4n) is 4.56. The number of carbonyl (C=O) groups is 2. The van der Waals surface area contributed by atoms with E-state index < -0.39 is 5.91 Å².